The average Bonchev–Trinajstić information content (AvgIpc) is 2.53. The molecule has 0 bridgehead atoms. The van der Waals surface area contributed by atoms with Gasteiger partial charge in [0.15, 0.2) is 0 Å². The van der Waals surface area contributed by atoms with Crippen molar-refractivity contribution >= 4 is 5.91 Å². The lowest BCUT2D eigenvalue weighted by atomic mass is 9.80. The second-order valence-corrected chi connectivity index (χ2v) is 5.65. The lowest BCUT2D eigenvalue weighted by molar-refractivity contribution is -0.143. The van der Waals surface area contributed by atoms with Crippen LogP contribution in [0.4, 0.5) is 8.78 Å². The van der Waals surface area contributed by atoms with Crippen LogP contribution >= 0.6 is 0 Å². The van der Waals surface area contributed by atoms with Gasteiger partial charge < -0.3 is 10.6 Å². The number of rotatable bonds is 4. The van der Waals surface area contributed by atoms with Crippen LogP contribution in [0.15, 0.2) is 12.1 Å². The number of carbonyl (C=O) groups excluding carboxylic acids is 1. The van der Waals surface area contributed by atoms with Gasteiger partial charge in [0.25, 0.3) is 0 Å². The van der Waals surface area contributed by atoms with Crippen molar-refractivity contribution in [3.8, 4) is 0 Å². The summed E-state index contributed by atoms with van der Waals surface area (Å²) in [7, 11) is 0. The summed E-state index contributed by atoms with van der Waals surface area (Å²) in [5.41, 5.74) is 5.90. The standard InChI is InChI=1S/C16H22F2N2O/c1-3-16(4-2,10-19)15(21)20-8-7-11-12(9-20)14(18)6-5-13(11)17/h5-6H,3-4,7-10,19H2,1-2H3. The summed E-state index contributed by atoms with van der Waals surface area (Å²) in [5, 5.41) is 0. The maximum absolute atomic E-state index is 13.9. The highest BCUT2D eigenvalue weighted by atomic mass is 19.1. The zero-order valence-corrected chi connectivity index (χ0v) is 12.6. The number of hydrogen-bond acceptors (Lipinski definition) is 2. The Labute approximate surface area is 124 Å². The Morgan fingerprint density at radius 3 is 2.33 bits per heavy atom. The van der Waals surface area contributed by atoms with Crippen LogP contribution in [0.5, 0.6) is 0 Å². The molecule has 0 saturated carbocycles. The number of hydrogen-bond donors (Lipinski definition) is 1. The molecule has 0 unspecified atom stereocenters. The van der Waals surface area contributed by atoms with Gasteiger partial charge in [-0.2, -0.15) is 0 Å². The van der Waals surface area contributed by atoms with E-state index in [1.54, 1.807) is 4.90 Å². The van der Waals surface area contributed by atoms with Crippen molar-refractivity contribution in [1.82, 2.24) is 4.90 Å². The minimum Gasteiger partial charge on any atom is -0.337 e. The SMILES string of the molecule is CCC(CC)(CN)C(=O)N1CCc2c(F)ccc(F)c2C1. The van der Waals surface area contributed by atoms with Crippen molar-refractivity contribution in [2.45, 2.75) is 39.7 Å². The third kappa shape index (κ3) is 2.67. The number of benzene rings is 1. The Kier molecular flexibility index (Phi) is 4.61. The van der Waals surface area contributed by atoms with E-state index in [9.17, 15) is 13.6 Å². The minimum absolute atomic E-state index is 0.0516. The highest BCUT2D eigenvalue weighted by Crippen LogP contribution is 2.31. The highest BCUT2D eigenvalue weighted by molar-refractivity contribution is 5.83. The fourth-order valence-corrected chi connectivity index (χ4v) is 3.03. The zero-order chi connectivity index (χ0) is 15.6. The van der Waals surface area contributed by atoms with Crippen molar-refractivity contribution < 1.29 is 13.6 Å². The van der Waals surface area contributed by atoms with Gasteiger partial charge in [-0.15, -0.1) is 0 Å². The topological polar surface area (TPSA) is 46.3 Å². The molecule has 0 spiro atoms. The summed E-state index contributed by atoms with van der Waals surface area (Å²) in [6.07, 6.45) is 1.64. The number of nitrogens with zero attached hydrogens (tertiary/aromatic N) is 1. The number of carbonyl (C=O) groups is 1. The van der Waals surface area contributed by atoms with Gasteiger partial charge >= 0.3 is 0 Å². The van der Waals surface area contributed by atoms with Gasteiger partial charge in [-0.05, 0) is 37.0 Å². The van der Waals surface area contributed by atoms with Crippen LogP contribution in [0.3, 0.4) is 0 Å². The molecule has 2 rings (SSSR count). The molecule has 3 nitrogen and oxygen atoms in total. The molecule has 0 aromatic heterocycles. The normalized spacial score (nSPS) is 15.0. The van der Waals surface area contributed by atoms with Gasteiger partial charge in [0.2, 0.25) is 5.91 Å². The average molecular weight is 296 g/mol. The molecule has 1 amide bonds. The monoisotopic (exact) mass is 296 g/mol. The predicted octanol–water partition coefficient (Wildman–Crippen LogP) is 2.61. The lowest BCUT2D eigenvalue weighted by Crippen LogP contribution is -2.49. The van der Waals surface area contributed by atoms with Crippen molar-refractivity contribution in [3.63, 3.8) is 0 Å². The third-order valence-corrected chi connectivity index (χ3v) is 4.78. The molecular weight excluding hydrogens is 274 g/mol. The molecule has 0 atom stereocenters. The van der Waals surface area contributed by atoms with Gasteiger partial charge in [-0.3, -0.25) is 4.79 Å². The first kappa shape index (κ1) is 15.9. The molecule has 0 fully saturated rings. The molecule has 116 valence electrons. The first-order valence-corrected chi connectivity index (χ1v) is 7.44. The molecule has 5 heteroatoms. The molecule has 1 aliphatic rings. The second-order valence-electron chi connectivity index (χ2n) is 5.65. The second kappa shape index (κ2) is 6.10. The molecule has 0 saturated heterocycles. The number of nitrogens with two attached hydrogens (primary N) is 1. The van der Waals surface area contributed by atoms with Crippen LogP contribution in [-0.2, 0) is 17.8 Å². The largest absolute Gasteiger partial charge is 0.337 e. The van der Waals surface area contributed by atoms with E-state index in [0.29, 0.717) is 36.9 Å². The summed E-state index contributed by atoms with van der Waals surface area (Å²) in [5.74, 6) is -0.894. The van der Waals surface area contributed by atoms with Gasteiger partial charge in [0.05, 0.1) is 5.41 Å². The van der Waals surface area contributed by atoms with Crippen molar-refractivity contribution in [3.05, 3.63) is 34.9 Å². The van der Waals surface area contributed by atoms with E-state index in [1.807, 2.05) is 13.8 Å². The Bertz CT molecular complexity index is 533. The third-order valence-electron chi connectivity index (χ3n) is 4.78. The quantitative estimate of drug-likeness (QED) is 0.928. The number of halogens is 2. The number of fused-ring (bicyclic) bond motifs is 1. The number of amides is 1. The van der Waals surface area contributed by atoms with E-state index in [0.717, 1.165) is 12.1 Å². The van der Waals surface area contributed by atoms with E-state index in [1.165, 1.54) is 0 Å². The van der Waals surface area contributed by atoms with Crippen LogP contribution in [0.25, 0.3) is 0 Å². The van der Waals surface area contributed by atoms with Crippen molar-refractivity contribution in [2.75, 3.05) is 13.1 Å². The smallest absolute Gasteiger partial charge is 0.230 e. The van der Waals surface area contributed by atoms with E-state index >= 15 is 0 Å². The van der Waals surface area contributed by atoms with Gasteiger partial charge in [0, 0.05) is 25.2 Å². The van der Waals surface area contributed by atoms with Gasteiger partial charge in [0.1, 0.15) is 11.6 Å². The molecule has 1 heterocycles. The van der Waals surface area contributed by atoms with E-state index in [-0.39, 0.29) is 19.0 Å². The van der Waals surface area contributed by atoms with Crippen LogP contribution < -0.4 is 5.73 Å². The Hall–Kier alpha value is -1.49. The molecular formula is C16H22F2N2O. The highest BCUT2D eigenvalue weighted by Gasteiger charge is 2.38. The summed E-state index contributed by atoms with van der Waals surface area (Å²) in [4.78, 5) is 14.4. The molecule has 1 aromatic carbocycles. The van der Waals surface area contributed by atoms with Crippen LogP contribution in [-0.4, -0.2) is 23.9 Å². The maximum Gasteiger partial charge on any atom is 0.230 e. The van der Waals surface area contributed by atoms with E-state index < -0.39 is 17.0 Å². The van der Waals surface area contributed by atoms with Crippen LogP contribution in [0.1, 0.15) is 37.8 Å². The summed E-state index contributed by atoms with van der Waals surface area (Å²) in [6.45, 7) is 4.68. The minimum atomic E-state index is -0.596. The Morgan fingerprint density at radius 1 is 1.24 bits per heavy atom. The van der Waals surface area contributed by atoms with Gasteiger partial charge in [-0.1, -0.05) is 13.8 Å². The predicted molar refractivity (Wildman–Crippen MR) is 77.5 cm³/mol. The fraction of sp³-hybridized carbons (Fsp3) is 0.562. The Balaban J connectivity index is 2.29. The lowest BCUT2D eigenvalue weighted by Gasteiger charge is -2.37. The van der Waals surface area contributed by atoms with Crippen molar-refractivity contribution in [1.29, 1.82) is 0 Å². The van der Waals surface area contributed by atoms with Gasteiger partial charge in [-0.25, -0.2) is 8.78 Å². The van der Waals surface area contributed by atoms with E-state index in [2.05, 4.69) is 0 Å². The fourth-order valence-electron chi connectivity index (χ4n) is 3.03. The zero-order valence-electron chi connectivity index (χ0n) is 12.6. The summed E-state index contributed by atoms with van der Waals surface area (Å²) in [6, 6.07) is 2.27. The van der Waals surface area contributed by atoms with Crippen LogP contribution in [0, 0.1) is 17.0 Å². The first-order valence-electron chi connectivity index (χ1n) is 7.44. The molecule has 2 N–H and O–H groups in total. The maximum atomic E-state index is 13.9. The van der Waals surface area contributed by atoms with Crippen LogP contribution in [0.2, 0.25) is 0 Å². The van der Waals surface area contributed by atoms with E-state index in [4.69, 9.17) is 5.73 Å². The molecule has 0 aliphatic carbocycles. The molecule has 1 aliphatic heterocycles. The van der Waals surface area contributed by atoms with Crippen molar-refractivity contribution in [2.24, 2.45) is 11.1 Å². The summed E-state index contributed by atoms with van der Waals surface area (Å²) >= 11 is 0. The summed E-state index contributed by atoms with van der Waals surface area (Å²) < 4.78 is 27.6. The molecule has 0 radical (unpaired) electrons. The Morgan fingerprint density at radius 2 is 1.81 bits per heavy atom. The molecule has 21 heavy (non-hydrogen) atoms. The first-order chi connectivity index (χ1) is 9.99. The molecule has 1 aromatic rings.